The highest BCUT2D eigenvalue weighted by Crippen LogP contribution is 2.13. The lowest BCUT2D eigenvalue weighted by Crippen LogP contribution is -1.99. The Balaban J connectivity index is 2.89. The van der Waals surface area contributed by atoms with Crippen LogP contribution in [-0.4, -0.2) is 10.9 Å². The summed E-state index contributed by atoms with van der Waals surface area (Å²) >= 11 is 5.58. The normalized spacial score (nSPS) is 12.1. The summed E-state index contributed by atoms with van der Waals surface area (Å²) in [5.74, 6) is 0.0132. The zero-order chi connectivity index (χ0) is 8.97. The van der Waals surface area contributed by atoms with Gasteiger partial charge in [-0.3, -0.25) is 4.98 Å². The monoisotopic (exact) mass is 180 g/mol. The maximum Gasteiger partial charge on any atom is 0.102 e. The second-order valence-electron chi connectivity index (χ2n) is 2.60. The Morgan fingerprint density at radius 3 is 2.83 bits per heavy atom. The second-order valence-corrected chi connectivity index (χ2v) is 2.91. The Hall–Kier alpha value is -1.07. The molecule has 0 N–H and O–H groups in total. The van der Waals surface area contributed by atoms with Crippen LogP contribution in [0.1, 0.15) is 17.2 Å². The van der Waals surface area contributed by atoms with Crippen molar-refractivity contribution in [1.82, 2.24) is 4.98 Å². The highest BCUT2D eigenvalue weighted by Gasteiger charge is 2.09. The van der Waals surface area contributed by atoms with Crippen LogP contribution in [0.4, 0.5) is 0 Å². The molecule has 1 atom stereocenters. The predicted octanol–water partition coefficient (Wildman–Crippen LogP) is 2.24. The third-order valence-electron chi connectivity index (χ3n) is 1.60. The minimum absolute atomic E-state index is 0.285. The number of nitriles is 1. The van der Waals surface area contributed by atoms with Gasteiger partial charge in [-0.15, -0.1) is 11.6 Å². The van der Waals surface area contributed by atoms with Gasteiger partial charge in [0, 0.05) is 12.1 Å². The van der Waals surface area contributed by atoms with Gasteiger partial charge in [0.1, 0.15) is 5.92 Å². The number of rotatable bonds is 2. The fourth-order valence-electron chi connectivity index (χ4n) is 0.865. The first-order valence-corrected chi connectivity index (χ1v) is 4.19. The van der Waals surface area contributed by atoms with Crippen molar-refractivity contribution < 1.29 is 0 Å². The number of alkyl halides is 1. The molecule has 0 radical (unpaired) electrons. The molecular formula is C9H9ClN2. The summed E-state index contributed by atoms with van der Waals surface area (Å²) in [6, 6.07) is 5.86. The minimum Gasteiger partial charge on any atom is -0.260 e. The van der Waals surface area contributed by atoms with Gasteiger partial charge in [0.25, 0.3) is 0 Å². The molecule has 0 bridgehead atoms. The van der Waals surface area contributed by atoms with Crippen molar-refractivity contribution in [2.75, 3.05) is 5.88 Å². The van der Waals surface area contributed by atoms with Gasteiger partial charge in [-0.1, -0.05) is 6.07 Å². The largest absolute Gasteiger partial charge is 0.260 e. The summed E-state index contributed by atoms with van der Waals surface area (Å²) in [5, 5.41) is 8.67. The summed E-state index contributed by atoms with van der Waals surface area (Å²) in [4.78, 5) is 4.11. The molecule has 1 rings (SSSR count). The van der Waals surface area contributed by atoms with Gasteiger partial charge in [-0.25, -0.2) is 0 Å². The summed E-state index contributed by atoms with van der Waals surface area (Å²) in [6.07, 6.45) is 1.74. The number of halogens is 1. The molecule has 0 aliphatic carbocycles. The van der Waals surface area contributed by atoms with Gasteiger partial charge in [-0.2, -0.15) is 5.26 Å². The van der Waals surface area contributed by atoms with Gasteiger partial charge < -0.3 is 0 Å². The molecule has 2 nitrogen and oxygen atoms in total. The first-order chi connectivity index (χ1) is 5.77. The van der Waals surface area contributed by atoms with Crippen LogP contribution in [-0.2, 0) is 0 Å². The van der Waals surface area contributed by atoms with E-state index < -0.39 is 0 Å². The molecule has 0 saturated carbocycles. The van der Waals surface area contributed by atoms with Crippen molar-refractivity contribution in [2.24, 2.45) is 0 Å². The van der Waals surface area contributed by atoms with E-state index in [1.54, 1.807) is 6.20 Å². The lowest BCUT2D eigenvalue weighted by molar-refractivity contribution is 0.923. The van der Waals surface area contributed by atoms with Crippen molar-refractivity contribution >= 4 is 11.6 Å². The molecule has 0 aliphatic heterocycles. The Bertz CT molecular complexity index is 286. The zero-order valence-electron chi connectivity index (χ0n) is 6.79. The van der Waals surface area contributed by atoms with Crippen molar-refractivity contribution in [3.8, 4) is 6.07 Å². The van der Waals surface area contributed by atoms with E-state index in [4.69, 9.17) is 16.9 Å². The lowest BCUT2D eigenvalue weighted by Gasteiger charge is -2.03. The molecule has 1 heterocycles. The average molecular weight is 181 g/mol. The van der Waals surface area contributed by atoms with Crippen molar-refractivity contribution in [2.45, 2.75) is 12.8 Å². The number of aromatic nitrogens is 1. The Morgan fingerprint density at radius 2 is 2.42 bits per heavy atom. The predicted molar refractivity (Wildman–Crippen MR) is 48.0 cm³/mol. The van der Waals surface area contributed by atoms with E-state index in [-0.39, 0.29) is 5.92 Å². The number of aryl methyl sites for hydroxylation is 1. The minimum atomic E-state index is -0.285. The molecule has 0 aromatic carbocycles. The molecule has 62 valence electrons. The summed E-state index contributed by atoms with van der Waals surface area (Å²) in [5.41, 5.74) is 1.84. The molecule has 1 unspecified atom stereocenters. The Labute approximate surface area is 76.8 Å². The van der Waals surface area contributed by atoms with Crippen LogP contribution >= 0.6 is 11.6 Å². The molecule has 3 heteroatoms. The van der Waals surface area contributed by atoms with E-state index >= 15 is 0 Å². The molecule has 0 amide bonds. The molecule has 1 aromatic heterocycles. The maximum absolute atomic E-state index is 8.67. The van der Waals surface area contributed by atoms with Crippen LogP contribution in [0.2, 0.25) is 0 Å². The van der Waals surface area contributed by atoms with E-state index in [0.29, 0.717) is 5.88 Å². The second kappa shape index (κ2) is 4.08. The molecule has 12 heavy (non-hydrogen) atoms. The van der Waals surface area contributed by atoms with Crippen molar-refractivity contribution in [1.29, 1.82) is 5.26 Å². The van der Waals surface area contributed by atoms with E-state index in [2.05, 4.69) is 11.1 Å². The lowest BCUT2D eigenvalue weighted by atomic mass is 10.1. The maximum atomic E-state index is 8.67. The van der Waals surface area contributed by atoms with Gasteiger partial charge >= 0.3 is 0 Å². The van der Waals surface area contributed by atoms with Crippen LogP contribution in [0, 0.1) is 18.3 Å². The molecule has 0 fully saturated rings. The summed E-state index contributed by atoms with van der Waals surface area (Å²) < 4.78 is 0. The highest BCUT2D eigenvalue weighted by molar-refractivity contribution is 6.18. The van der Waals surface area contributed by atoms with Crippen LogP contribution in [0.25, 0.3) is 0 Å². The number of hydrogen-bond donors (Lipinski definition) is 0. The van der Waals surface area contributed by atoms with E-state index in [0.717, 1.165) is 11.3 Å². The van der Waals surface area contributed by atoms with E-state index in [1.165, 1.54) is 0 Å². The molecule has 0 saturated heterocycles. The van der Waals surface area contributed by atoms with Crippen LogP contribution in [0.3, 0.4) is 0 Å². The number of nitrogens with zero attached hydrogens (tertiary/aromatic N) is 2. The van der Waals surface area contributed by atoms with Gasteiger partial charge in [0.15, 0.2) is 0 Å². The fraction of sp³-hybridized carbons (Fsp3) is 0.333. The molecular weight excluding hydrogens is 172 g/mol. The quantitative estimate of drug-likeness (QED) is 0.655. The Morgan fingerprint density at radius 1 is 1.67 bits per heavy atom. The van der Waals surface area contributed by atoms with Crippen LogP contribution < -0.4 is 0 Å². The first kappa shape index (κ1) is 9.02. The molecule has 0 spiro atoms. The fourth-order valence-corrected chi connectivity index (χ4v) is 1.09. The highest BCUT2D eigenvalue weighted by atomic mass is 35.5. The van der Waals surface area contributed by atoms with Crippen molar-refractivity contribution in [3.05, 3.63) is 29.6 Å². The zero-order valence-corrected chi connectivity index (χ0v) is 7.54. The van der Waals surface area contributed by atoms with Crippen LogP contribution in [0.5, 0.6) is 0 Å². The van der Waals surface area contributed by atoms with Crippen molar-refractivity contribution in [3.63, 3.8) is 0 Å². The van der Waals surface area contributed by atoms with Gasteiger partial charge in [0.05, 0.1) is 11.8 Å². The molecule has 0 aliphatic rings. The smallest absolute Gasteiger partial charge is 0.102 e. The van der Waals surface area contributed by atoms with Crippen LogP contribution in [0.15, 0.2) is 18.3 Å². The van der Waals surface area contributed by atoms with E-state index in [9.17, 15) is 0 Å². The van der Waals surface area contributed by atoms with Gasteiger partial charge in [0.2, 0.25) is 0 Å². The molecule has 1 aromatic rings. The standard InChI is InChI=1S/C9H9ClN2/c1-7-2-3-9(12-6-7)8(4-10)5-11/h2-3,6,8H,4H2,1H3. The SMILES string of the molecule is Cc1ccc(C(C#N)CCl)nc1. The van der Waals surface area contributed by atoms with Gasteiger partial charge in [-0.05, 0) is 18.6 Å². The summed E-state index contributed by atoms with van der Waals surface area (Å²) in [6.45, 7) is 1.96. The van der Waals surface area contributed by atoms with E-state index in [1.807, 2.05) is 19.1 Å². The average Bonchev–Trinajstić information content (AvgIpc) is 2.10. The topological polar surface area (TPSA) is 36.7 Å². The first-order valence-electron chi connectivity index (χ1n) is 3.66. The number of pyridine rings is 1. The Kier molecular flexibility index (Phi) is 3.07. The third-order valence-corrected chi connectivity index (χ3v) is 1.91. The summed E-state index contributed by atoms with van der Waals surface area (Å²) in [7, 11) is 0. The third kappa shape index (κ3) is 1.96. The number of hydrogen-bond acceptors (Lipinski definition) is 2.